The van der Waals surface area contributed by atoms with Crippen LogP contribution >= 0.6 is 11.8 Å². The van der Waals surface area contributed by atoms with E-state index in [1.807, 2.05) is 6.26 Å². The summed E-state index contributed by atoms with van der Waals surface area (Å²) in [5.74, 6) is 0.855. The fraction of sp³-hybridized carbons (Fsp3) is 0.300. The van der Waals surface area contributed by atoms with E-state index in [9.17, 15) is 19.7 Å². The van der Waals surface area contributed by atoms with Crippen molar-refractivity contribution >= 4 is 35.0 Å². The van der Waals surface area contributed by atoms with Crippen molar-refractivity contribution < 1.29 is 24.0 Å². The number of thioether (sulfide) groups is 1. The molecule has 0 spiro atoms. The molecule has 9 nitrogen and oxygen atoms in total. The number of amides is 2. The topological polar surface area (TPSA) is 120 Å². The highest BCUT2D eigenvalue weighted by molar-refractivity contribution is 7.98. The smallest absolute Gasteiger partial charge is 0.270 e. The third-order valence-electron chi connectivity index (χ3n) is 4.36. The lowest BCUT2D eigenvalue weighted by Gasteiger charge is -2.21. The van der Waals surface area contributed by atoms with Crippen LogP contribution in [0, 0.1) is 10.1 Å². The Morgan fingerprint density at radius 2 is 1.93 bits per heavy atom. The van der Waals surface area contributed by atoms with Crippen LogP contribution in [-0.2, 0) is 4.79 Å². The van der Waals surface area contributed by atoms with Crippen molar-refractivity contribution in [1.82, 2.24) is 5.32 Å². The van der Waals surface area contributed by atoms with Crippen molar-refractivity contribution in [1.29, 1.82) is 0 Å². The fourth-order valence-electron chi connectivity index (χ4n) is 2.86. The molecule has 0 saturated carbocycles. The third-order valence-corrected chi connectivity index (χ3v) is 5.01. The Kier molecular flexibility index (Phi) is 7.12. The van der Waals surface area contributed by atoms with Crippen molar-refractivity contribution in [2.45, 2.75) is 12.5 Å². The van der Waals surface area contributed by atoms with E-state index < -0.39 is 16.9 Å². The predicted molar refractivity (Wildman–Crippen MR) is 113 cm³/mol. The Balaban J connectivity index is 1.71. The molecule has 2 aromatic rings. The van der Waals surface area contributed by atoms with Gasteiger partial charge in [0.1, 0.15) is 19.3 Å². The van der Waals surface area contributed by atoms with Crippen LogP contribution in [-0.4, -0.2) is 48.0 Å². The molecule has 1 atom stereocenters. The number of carbonyl (C=O) groups excluding carboxylic acids is 2. The van der Waals surface area contributed by atoms with Crippen LogP contribution in [0.5, 0.6) is 11.5 Å². The molecule has 1 heterocycles. The van der Waals surface area contributed by atoms with Crippen molar-refractivity contribution in [2.24, 2.45) is 0 Å². The molecule has 1 aliphatic rings. The second-order valence-electron chi connectivity index (χ2n) is 6.46. The first-order chi connectivity index (χ1) is 14.5. The predicted octanol–water partition coefficient (Wildman–Crippen LogP) is 2.86. The number of rotatable bonds is 8. The van der Waals surface area contributed by atoms with Crippen LogP contribution in [0.3, 0.4) is 0 Å². The molecule has 2 N–H and O–H groups in total. The van der Waals surface area contributed by atoms with Gasteiger partial charge in [0.25, 0.3) is 11.6 Å². The molecule has 0 bridgehead atoms. The van der Waals surface area contributed by atoms with E-state index >= 15 is 0 Å². The van der Waals surface area contributed by atoms with Crippen LogP contribution in [0.4, 0.5) is 11.4 Å². The van der Waals surface area contributed by atoms with Gasteiger partial charge in [0.2, 0.25) is 5.91 Å². The van der Waals surface area contributed by atoms with Gasteiger partial charge in [-0.05, 0) is 36.6 Å². The van der Waals surface area contributed by atoms with Crippen LogP contribution in [0.25, 0.3) is 0 Å². The van der Waals surface area contributed by atoms with Gasteiger partial charge in [0.15, 0.2) is 11.5 Å². The minimum Gasteiger partial charge on any atom is -0.486 e. The molecular formula is C20H21N3O6S. The number of nitrogens with one attached hydrogen (secondary N) is 2. The highest BCUT2D eigenvalue weighted by Gasteiger charge is 2.23. The number of hydrogen-bond acceptors (Lipinski definition) is 7. The zero-order valence-corrected chi connectivity index (χ0v) is 17.1. The first-order valence-corrected chi connectivity index (χ1v) is 10.6. The molecule has 10 heteroatoms. The summed E-state index contributed by atoms with van der Waals surface area (Å²) in [4.78, 5) is 35.8. The van der Waals surface area contributed by atoms with E-state index in [-0.39, 0.29) is 17.2 Å². The second kappa shape index (κ2) is 9.97. The van der Waals surface area contributed by atoms with Gasteiger partial charge in [-0.3, -0.25) is 19.7 Å². The van der Waals surface area contributed by atoms with Gasteiger partial charge >= 0.3 is 0 Å². The molecule has 0 radical (unpaired) electrons. The van der Waals surface area contributed by atoms with E-state index in [0.29, 0.717) is 42.6 Å². The van der Waals surface area contributed by atoms with Crippen molar-refractivity contribution in [3.8, 4) is 11.5 Å². The summed E-state index contributed by atoms with van der Waals surface area (Å²) < 4.78 is 11.0. The van der Waals surface area contributed by atoms with E-state index in [4.69, 9.17) is 9.47 Å². The molecule has 158 valence electrons. The van der Waals surface area contributed by atoms with Gasteiger partial charge in [0, 0.05) is 29.4 Å². The Hall–Kier alpha value is -3.27. The number of nitrogens with zero attached hydrogens (tertiary/aromatic N) is 1. The minimum absolute atomic E-state index is 0.116. The molecular weight excluding hydrogens is 410 g/mol. The average molecular weight is 431 g/mol. The zero-order valence-electron chi connectivity index (χ0n) is 16.3. The molecule has 0 aliphatic carbocycles. The maximum absolute atomic E-state index is 12.8. The number of fused-ring (bicyclic) bond motifs is 1. The second-order valence-corrected chi connectivity index (χ2v) is 7.45. The maximum Gasteiger partial charge on any atom is 0.270 e. The largest absolute Gasteiger partial charge is 0.486 e. The Morgan fingerprint density at radius 3 is 2.67 bits per heavy atom. The summed E-state index contributed by atoms with van der Waals surface area (Å²) in [6.45, 7) is 0.902. The maximum atomic E-state index is 12.8. The number of non-ortho nitro benzene ring substituents is 1. The molecule has 0 aromatic heterocycles. The molecule has 0 saturated heterocycles. The number of anilines is 1. The Morgan fingerprint density at radius 1 is 1.17 bits per heavy atom. The van der Waals surface area contributed by atoms with Gasteiger partial charge in [-0.1, -0.05) is 6.07 Å². The number of benzene rings is 2. The van der Waals surface area contributed by atoms with E-state index in [1.54, 1.807) is 30.0 Å². The zero-order chi connectivity index (χ0) is 21.5. The molecule has 3 rings (SSSR count). The van der Waals surface area contributed by atoms with Crippen LogP contribution < -0.4 is 20.1 Å². The standard InChI is InChI=1S/C20H21N3O6S/c1-30-10-7-16(22-19(24)13-3-2-4-15(11-13)23(26)27)20(25)21-14-5-6-17-18(12-14)29-9-8-28-17/h2-6,11-12,16H,7-10H2,1H3,(H,21,25)(H,22,24). The Labute approximate surface area is 177 Å². The lowest BCUT2D eigenvalue weighted by atomic mass is 10.1. The van der Waals surface area contributed by atoms with Crippen LogP contribution in [0.15, 0.2) is 42.5 Å². The van der Waals surface area contributed by atoms with Crippen molar-refractivity contribution in [3.05, 3.63) is 58.1 Å². The lowest BCUT2D eigenvalue weighted by Crippen LogP contribution is -2.44. The Bertz CT molecular complexity index is 952. The molecule has 1 unspecified atom stereocenters. The highest BCUT2D eigenvalue weighted by Crippen LogP contribution is 2.32. The molecule has 2 amide bonds. The minimum atomic E-state index is -0.808. The summed E-state index contributed by atoms with van der Waals surface area (Å²) in [5, 5.41) is 16.4. The number of nitro benzene ring substituents is 1. The highest BCUT2D eigenvalue weighted by atomic mass is 32.2. The fourth-order valence-corrected chi connectivity index (χ4v) is 3.33. The van der Waals surface area contributed by atoms with Crippen molar-refractivity contribution in [2.75, 3.05) is 30.5 Å². The quantitative estimate of drug-likeness (QED) is 0.487. The summed E-state index contributed by atoms with van der Waals surface area (Å²) in [6.07, 6.45) is 2.30. The molecule has 30 heavy (non-hydrogen) atoms. The number of hydrogen-bond donors (Lipinski definition) is 2. The van der Waals surface area contributed by atoms with E-state index in [0.717, 1.165) is 0 Å². The molecule has 2 aromatic carbocycles. The summed E-state index contributed by atoms with van der Waals surface area (Å²) in [7, 11) is 0. The van der Waals surface area contributed by atoms with Gasteiger partial charge < -0.3 is 20.1 Å². The van der Waals surface area contributed by atoms with Gasteiger partial charge in [0.05, 0.1) is 4.92 Å². The lowest BCUT2D eigenvalue weighted by molar-refractivity contribution is -0.384. The first kappa shape index (κ1) is 21.4. The monoisotopic (exact) mass is 431 g/mol. The number of nitro groups is 1. The van der Waals surface area contributed by atoms with E-state index in [1.165, 1.54) is 24.3 Å². The van der Waals surface area contributed by atoms with Crippen LogP contribution in [0.1, 0.15) is 16.8 Å². The summed E-state index contributed by atoms with van der Waals surface area (Å²) in [5.41, 5.74) is 0.442. The SMILES string of the molecule is CSCCC(NC(=O)c1cccc([N+](=O)[O-])c1)C(=O)Nc1ccc2c(c1)OCCO2. The number of ether oxygens (including phenoxy) is 2. The number of carbonyl (C=O) groups is 2. The average Bonchev–Trinajstić information content (AvgIpc) is 2.76. The third kappa shape index (κ3) is 5.41. The normalized spacial score (nSPS) is 13.2. The first-order valence-electron chi connectivity index (χ1n) is 9.22. The van der Waals surface area contributed by atoms with Gasteiger partial charge in [-0.25, -0.2) is 0 Å². The van der Waals surface area contributed by atoms with Gasteiger partial charge in [-0.15, -0.1) is 0 Å². The molecule has 1 aliphatic heterocycles. The van der Waals surface area contributed by atoms with Crippen molar-refractivity contribution in [3.63, 3.8) is 0 Å². The van der Waals surface area contributed by atoms with Gasteiger partial charge in [-0.2, -0.15) is 11.8 Å². The van der Waals surface area contributed by atoms with Crippen LogP contribution in [0.2, 0.25) is 0 Å². The molecule has 0 fully saturated rings. The summed E-state index contributed by atoms with van der Waals surface area (Å²) in [6, 6.07) is 9.64. The summed E-state index contributed by atoms with van der Waals surface area (Å²) >= 11 is 1.54. The van der Waals surface area contributed by atoms with E-state index in [2.05, 4.69) is 10.6 Å².